The van der Waals surface area contributed by atoms with Crippen molar-refractivity contribution in [2.75, 3.05) is 6.54 Å². The average Bonchev–Trinajstić information content (AvgIpc) is 3.51. The summed E-state index contributed by atoms with van der Waals surface area (Å²) in [7, 11) is 0. The number of aliphatic carboxylic acids is 1. The van der Waals surface area contributed by atoms with Gasteiger partial charge in [0.2, 0.25) is 17.7 Å². The summed E-state index contributed by atoms with van der Waals surface area (Å²) in [5.74, 6) is -3.17. The molecule has 36 heavy (non-hydrogen) atoms. The summed E-state index contributed by atoms with van der Waals surface area (Å²) in [6.07, 6.45) is 4.87. The highest BCUT2D eigenvalue weighted by Crippen LogP contribution is 2.19. The van der Waals surface area contributed by atoms with Crippen LogP contribution in [0.4, 0.5) is 0 Å². The molecule has 0 aliphatic heterocycles. The summed E-state index contributed by atoms with van der Waals surface area (Å²) in [5, 5.41) is 17.5. The van der Waals surface area contributed by atoms with Crippen LogP contribution >= 0.6 is 0 Å². The van der Waals surface area contributed by atoms with Crippen LogP contribution in [0.1, 0.15) is 25.1 Å². The number of aromatic nitrogens is 3. The molecule has 12 heteroatoms. The van der Waals surface area contributed by atoms with Gasteiger partial charge in [-0.3, -0.25) is 19.2 Å². The van der Waals surface area contributed by atoms with Crippen molar-refractivity contribution in [2.24, 2.45) is 11.7 Å². The van der Waals surface area contributed by atoms with Crippen LogP contribution in [0.15, 0.2) is 43.0 Å². The summed E-state index contributed by atoms with van der Waals surface area (Å²) in [6, 6.07) is 4.56. The molecule has 12 nitrogen and oxygen atoms in total. The van der Waals surface area contributed by atoms with Crippen molar-refractivity contribution in [3.8, 4) is 0 Å². The van der Waals surface area contributed by atoms with Gasteiger partial charge < -0.3 is 36.8 Å². The Labute approximate surface area is 207 Å². The van der Waals surface area contributed by atoms with E-state index in [0.29, 0.717) is 5.69 Å². The molecule has 2 aromatic heterocycles. The van der Waals surface area contributed by atoms with Gasteiger partial charge in [-0.05, 0) is 17.5 Å². The number of carbonyl (C=O) groups excluding carboxylic acids is 3. The summed E-state index contributed by atoms with van der Waals surface area (Å²) in [6.45, 7) is 2.99. The number of carboxylic acid groups (broad SMARTS) is 1. The van der Waals surface area contributed by atoms with Gasteiger partial charge in [0.05, 0.1) is 12.4 Å². The number of hydrogen-bond donors (Lipinski definition) is 7. The molecule has 2 heterocycles. The van der Waals surface area contributed by atoms with Gasteiger partial charge in [-0.15, -0.1) is 0 Å². The Morgan fingerprint density at radius 2 is 1.69 bits per heavy atom. The van der Waals surface area contributed by atoms with Crippen molar-refractivity contribution in [3.05, 3.63) is 54.2 Å². The van der Waals surface area contributed by atoms with Crippen LogP contribution in [-0.4, -0.2) is 68.4 Å². The maximum Gasteiger partial charge on any atom is 0.322 e. The number of amides is 3. The fraction of sp³-hybridized carbons (Fsp3) is 0.375. The van der Waals surface area contributed by atoms with Crippen LogP contribution in [-0.2, 0) is 32.0 Å². The van der Waals surface area contributed by atoms with E-state index in [1.54, 1.807) is 20.0 Å². The number of H-pyrrole nitrogens is 2. The lowest BCUT2D eigenvalue weighted by Crippen LogP contribution is -2.57. The van der Waals surface area contributed by atoms with Gasteiger partial charge >= 0.3 is 5.97 Å². The first kappa shape index (κ1) is 26.4. The number of benzene rings is 1. The number of para-hydroxylation sites is 1. The molecule has 0 aliphatic rings. The SMILES string of the molecule is CC(C)C(N)C(=O)NC(Cc1c[nH]c2ccccc12)C(=O)NC(Cc1cnc[nH]1)C(=O)NCC(=O)O. The Morgan fingerprint density at radius 3 is 2.36 bits per heavy atom. The van der Waals surface area contributed by atoms with Crippen LogP contribution in [0.3, 0.4) is 0 Å². The number of rotatable bonds is 12. The standard InChI is InChI=1S/C24H31N7O5/c1-13(2)21(25)24(36)31-18(7-14-9-27-17-6-4-3-5-16(14)17)23(35)30-19(8-15-10-26-12-29-15)22(34)28-11-20(32)33/h3-6,9-10,12-13,18-19,21,27H,7-8,11,25H2,1-2H3,(H,26,29)(H,28,34)(H,30,35)(H,31,36)(H,32,33). The smallest absolute Gasteiger partial charge is 0.322 e. The Hall–Kier alpha value is -4.19. The summed E-state index contributed by atoms with van der Waals surface area (Å²) in [4.78, 5) is 59.7. The van der Waals surface area contributed by atoms with Crippen molar-refractivity contribution in [3.63, 3.8) is 0 Å². The Morgan fingerprint density at radius 1 is 1.00 bits per heavy atom. The van der Waals surface area contributed by atoms with E-state index in [9.17, 15) is 19.2 Å². The first-order valence-electron chi connectivity index (χ1n) is 11.5. The number of hydrogen-bond acceptors (Lipinski definition) is 6. The van der Waals surface area contributed by atoms with Gasteiger partial charge in [0, 0.05) is 41.8 Å². The molecule has 3 amide bonds. The molecule has 0 aliphatic carbocycles. The minimum atomic E-state index is -1.22. The molecule has 3 unspecified atom stereocenters. The van der Waals surface area contributed by atoms with Gasteiger partial charge in [0.15, 0.2) is 0 Å². The van der Waals surface area contributed by atoms with Crippen molar-refractivity contribution in [2.45, 2.75) is 44.8 Å². The molecule has 0 fully saturated rings. The highest BCUT2D eigenvalue weighted by atomic mass is 16.4. The molecule has 0 saturated heterocycles. The van der Waals surface area contributed by atoms with E-state index in [1.807, 2.05) is 24.3 Å². The molecule has 3 atom stereocenters. The van der Waals surface area contributed by atoms with E-state index in [4.69, 9.17) is 10.8 Å². The number of fused-ring (bicyclic) bond motifs is 1. The van der Waals surface area contributed by atoms with E-state index >= 15 is 0 Å². The van der Waals surface area contributed by atoms with Gasteiger partial charge in [-0.1, -0.05) is 32.0 Å². The van der Waals surface area contributed by atoms with Gasteiger partial charge in [0.25, 0.3) is 0 Å². The number of carboxylic acids is 1. The number of nitrogens with zero attached hydrogens (tertiary/aromatic N) is 1. The lowest BCUT2D eigenvalue weighted by molar-refractivity contribution is -0.138. The van der Waals surface area contributed by atoms with E-state index in [-0.39, 0.29) is 18.8 Å². The Kier molecular flexibility index (Phi) is 8.79. The topological polar surface area (TPSA) is 195 Å². The average molecular weight is 498 g/mol. The van der Waals surface area contributed by atoms with E-state index in [0.717, 1.165) is 16.5 Å². The molecule has 3 rings (SSSR count). The Bertz CT molecular complexity index is 1200. The first-order chi connectivity index (χ1) is 17.2. The molecule has 0 bridgehead atoms. The number of carbonyl (C=O) groups is 4. The molecule has 8 N–H and O–H groups in total. The predicted molar refractivity (Wildman–Crippen MR) is 132 cm³/mol. The number of imidazole rings is 1. The van der Waals surface area contributed by atoms with Crippen molar-refractivity contribution >= 4 is 34.6 Å². The minimum Gasteiger partial charge on any atom is -0.480 e. The number of nitrogens with two attached hydrogens (primary N) is 1. The molecule has 192 valence electrons. The third kappa shape index (κ3) is 6.92. The summed E-state index contributed by atoms with van der Waals surface area (Å²) >= 11 is 0. The predicted octanol–water partition coefficient (Wildman–Crippen LogP) is -0.170. The zero-order valence-corrected chi connectivity index (χ0v) is 20.1. The van der Waals surface area contributed by atoms with Crippen LogP contribution in [0.5, 0.6) is 0 Å². The van der Waals surface area contributed by atoms with Crippen molar-refractivity contribution in [1.29, 1.82) is 0 Å². The van der Waals surface area contributed by atoms with E-state index in [1.165, 1.54) is 12.5 Å². The molecule has 3 aromatic rings. The highest BCUT2D eigenvalue weighted by molar-refractivity contribution is 5.94. The van der Waals surface area contributed by atoms with Gasteiger partial charge in [0.1, 0.15) is 18.6 Å². The third-order valence-corrected chi connectivity index (χ3v) is 5.78. The quantitative estimate of drug-likeness (QED) is 0.180. The van der Waals surface area contributed by atoms with Crippen molar-refractivity contribution < 1.29 is 24.3 Å². The highest BCUT2D eigenvalue weighted by Gasteiger charge is 2.30. The Balaban J connectivity index is 1.84. The zero-order chi connectivity index (χ0) is 26.2. The van der Waals surface area contributed by atoms with Crippen LogP contribution in [0.25, 0.3) is 10.9 Å². The second kappa shape index (κ2) is 12.0. The summed E-state index contributed by atoms with van der Waals surface area (Å²) < 4.78 is 0. The maximum atomic E-state index is 13.4. The van der Waals surface area contributed by atoms with Crippen LogP contribution in [0, 0.1) is 5.92 Å². The van der Waals surface area contributed by atoms with Crippen molar-refractivity contribution in [1.82, 2.24) is 30.9 Å². The zero-order valence-electron chi connectivity index (χ0n) is 20.1. The fourth-order valence-corrected chi connectivity index (χ4v) is 3.68. The lowest BCUT2D eigenvalue weighted by atomic mass is 10.0. The number of aromatic amines is 2. The fourth-order valence-electron chi connectivity index (χ4n) is 3.68. The van der Waals surface area contributed by atoms with E-state index in [2.05, 4.69) is 30.9 Å². The molecule has 0 saturated carbocycles. The normalized spacial score (nSPS) is 13.7. The van der Waals surface area contributed by atoms with Gasteiger partial charge in [-0.25, -0.2) is 4.98 Å². The number of nitrogens with one attached hydrogen (secondary N) is 5. The van der Waals surface area contributed by atoms with Crippen LogP contribution < -0.4 is 21.7 Å². The second-order valence-corrected chi connectivity index (χ2v) is 8.85. The van der Waals surface area contributed by atoms with E-state index < -0.39 is 48.4 Å². The third-order valence-electron chi connectivity index (χ3n) is 5.78. The molecule has 0 radical (unpaired) electrons. The lowest BCUT2D eigenvalue weighted by Gasteiger charge is -2.24. The first-order valence-corrected chi connectivity index (χ1v) is 11.5. The maximum absolute atomic E-state index is 13.4. The van der Waals surface area contributed by atoms with Gasteiger partial charge in [-0.2, -0.15) is 0 Å². The molecular formula is C24H31N7O5. The largest absolute Gasteiger partial charge is 0.480 e. The monoisotopic (exact) mass is 497 g/mol. The second-order valence-electron chi connectivity index (χ2n) is 8.85. The minimum absolute atomic E-state index is 0.0381. The molecule has 1 aromatic carbocycles. The van der Waals surface area contributed by atoms with Crippen LogP contribution in [0.2, 0.25) is 0 Å². The molecule has 0 spiro atoms. The molecular weight excluding hydrogens is 466 g/mol. The summed E-state index contributed by atoms with van der Waals surface area (Å²) in [5.41, 5.74) is 8.23.